The normalized spacial score (nSPS) is 11.2. The molecule has 0 saturated heterocycles. The fourth-order valence-corrected chi connectivity index (χ4v) is 3.06. The highest BCUT2D eigenvalue weighted by Crippen LogP contribution is 2.28. The molecule has 1 aromatic carbocycles. The highest BCUT2D eigenvalue weighted by molar-refractivity contribution is 7.99. The number of pyridine rings is 1. The van der Waals surface area contributed by atoms with Crippen LogP contribution in [-0.2, 0) is 11.3 Å². The van der Waals surface area contributed by atoms with Gasteiger partial charge in [-0.1, -0.05) is 30.0 Å². The van der Waals surface area contributed by atoms with Gasteiger partial charge in [-0.3, -0.25) is 9.78 Å². The Hall–Kier alpha value is -2.08. The Bertz CT molecular complexity index is 798. The van der Waals surface area contributed by atoms with Crippen LogP contribution in [0, 0.1) is 0 Å². The van der Waals surface area contributed by atoms with Gasteiger partial charge in [-0.2, -0.15) is 0 Å². The van der Waals surface area contributed by atoms with Crippen molar-refractivity contribution in [1.82, 2.24) is 14.5 Å². The molecule has 0 atom stereocenters. The van der Waals surface area contributed by atoms with Gasteiger partial charge in [-0.15, -0.1) is 0 Å². The van der Waals surface area contributed by atoms with Gasteiger partial charge >= 0.3 is 5.97 Å². The molecule has 0 amide bonds. The summed E-state index contributed by atoms with van der Waals surface area (Å²) in [6, 6.07) is 7.91. The van der Waals surface area contributed by atoms with Gasteiger partial charge in [-0.25, -0.2) is 4.98 Å². The quantitative estimate of drug-likeness (QED) is 0.747. The first-order valence-electron chi connectivity index (χ1n) is 6.29. The predicted octanol–water partition coefficient (Wildman–Crippen LogP) is 2.78. The maximum absolute atomic E-state index is 10.7. The van der Waals surface area contributed by atoms with Crippen LogP contribution in [0.2, 0.25) is 0 Å². The van der Waals surface area contributed by atoms with E-state index < -0.39 is 5.97 Å². The third-order valence-electron chi connectivity index (χ3n) is 3.09. The molecule has 20 heavy (non-hydrogen) atoms. The van der Waals surface area contributed by atoms with Crippen LogP contribution in [-0.4, -0.2) is 31.4 Å². The molecular weight excluding hydrogens is 274 g/mol. The molecule has 0 aliphatic rings. The molecule has 0 aliphatic heterocycles. The summed E-state index contributed by atoms with van der Waals surface area (Å²) in [5.74, 6) is -0.831. The summed E-state index contributed by atoms with van der Waals surface area (Å²) in [4.78, 5) is 19.6. The Morgan fingerprint density at radius 1 is 1.35 bits per heavy atom. The van der Waals surface area contributed by atoms with Gasteiger partial charge in [0.25, 0.3) is 0 Å². The SMILES string of the molecule is CCn1c(SCC(=O)O)nc2cnc3ccccc3c21. The second-order valence-corrected chi connectivity index (χ2v) is 5.27. The van der Waals surface area contributed by atoms with E-state index in [2.05, 4.69) is 9.97 Å². The summed E-state index contributed by atoms with van der Waals surface area (Å²) in [5.41, 5.74) is 2.74. The van der Waals surface area contributed by atoms with Crippen LogP contribution < -0.4 is 0 Å². The van der Waals surface area contributed by atoms with E-state index in [1.807, 2.05) is 35.8 Å². The number of aryl methyl sites for hydroxylation is 1. The first-order chi connectivity index (χ1) is 9.70. The fourth-order valence-electron chi connectivity index (χ4n) is 2.27. The second kappa shape index (κ2) is 5.13. The fraction of sp³-hybridized carbons (Fsp3) is 0.214. The summed E-state index contributed by atoms with van der Waals surface area (Å²) < 4.78 is 2.05. The first kappa shape index (κ1) is 12.9. The van der Waals surface area contributed by atoms with Gasteiger partial charge in [0.1, 0.15) is 5.52 Å². The van der Waals surface area contributed by atoms with Crippen molar-refractivity contribution in [3.63, 3.8) is 0 Å². The van der Waals surface area contributed by atoms with Gasteiger partial charge in [0.2, 0.25) is 0 Å². The average Bonchev–Trinajstić information content (AvgIpc) is 2.83. The number of carboxylic acid groups (broad SMARTS) is 1. The van der Waals surface area contributed by atoms with Crippen LogP contribution in [0.4, 0.5) is 0 Å². The number of aromatic nitrogens is 3. The lowest BCUT2D eigenvalue weighted by Crippen LogP contribution is -2.02. The van der Waals surface area contributed by atoms with Gasteiger partial charge in [-0.05, 0) is 13.0 Å². The van der Waals surface area contributed by atoms with Crippen molar-refractivity contribution >= 4 is 39.7 Å². The van der Waals surface area contributed by atoms with E-state index in [1.54, 1.807) is 6.20 Å². The smallest absolute Gasteiger partial charge is 0.313 e. The van der Waals surface area contributed by atoms with Crippen LogP contribution in [0.15, 0.2) is 35.6 Å². The summed E-state index contributed by atoms with van der Waals surface area (Å²) in [6.07, 6.45) is 1.74. The van der Waals surface area contributed by atoms with Gasteiger partial charge < -0.3 is 9.67 Å². The standard InChI is InChI=1S/C14H13N3O2S/c1-2-17-13-9-5-3-4-6-10(9)15-7-11(13)16-14(17)20-8-12(18)19/h3-7H,2,8H2,1H3,(H,18,19). The topological polar surface area (TPSA) is 68.0 Å². The zero-order chi connectivity index (χ0) is 14.1. The number of thioether (sulfide) groups is 1. The van der Waals surface area contributed by atoms with Gasteiger partial charge in [0, 0.05) is 11.9 Å². The van der Waals surface area contributed by atoms with E-state index in [4.69, 9.17) is 5.11 Å². The van der Waals surface area contributed by atoms with Crippen LogP contribution in [0.3, 0.4) is 0 Å². The molecule has 0 radical (unpaired) electrons. The van der Waals surface area contributed by atoms with E-state index in [9.17, 15) is 4.79 Å². The largest absolute Gasteiger partial charge is 0.481 e. The molecule has 0 saturated carbocycles. The molecule has 0 unspecified atom stereocenters. The van der Waals surface area contributed by atoms with Crippen molar-refractivity contribution in [2.24, 2.45) is 0 Å². The number of aliphatic carboxylic acids is 1. The lowest BCUT2D eigenvalue weighted by Gasteiger charge is -2.06. The number of rotatable bonds is 4. The number of nitrogens with zero attached hydrogens (tertiary/aromatic N) is 3. The maximum Gasteiger partial charge on any atom is 0.313 e. The molecule has 5 nitrogen and oxygen atoms in total. The molecule has 2 heterocycles. The molecule has 0 aliphatic carbocycles. The minimum absolute atomic E-state index is 0.00861. The summed E-state index contributed by atoms with van der Waals surface area (Å²) >= 11 is 1.24. The highest BCUT2D eigenvalue weighted by atomic mass is 32.2. The number of hydrogen-bond donors (Lipinski definition) is 1. The molecule has 0 spiro atoms. The van der Waals surface area contributed by atoms with Crippen LogP contribution >= 0.6 is 11.8 Å². The number of carbonyl (C=O) groups is 1. The summed E-state index contributed by atoms with van der Waals surface area (Å²) in [5, 5.41) is 10.6. The monoisotopic (exact) mass is 287 g/mol. The molecule has 102 valence electrons. The van der Waals surface area contributed by atoms with Crippen molar-refractivity contribution in [2.45, 2.75) is 18.6 Å². The third kappa shape index (κ3) is 2.12. The number of carboxylic acids is 1. The van der Waals surface area contributed by atoms with E-state index in [0.717, 1.165) is 33.6 Å². The van der Waals surface area contributed by atoms with E-state index in [0.29, 0.717) is 0 Å². The Labute approximate surface area is 119 Å². The van der Waals surface area contributed by atoms with E-state index >= 15 is 0 Å². The zero-order valence-corrected chi connectivity index (χ0v) is 11.7. The van der Waals surface area contributed by atoms with Crippen molar-refractivity contribution in [3.8, 4) is 0 Å². The lowest BCUT2D eigenvalue weighted by molar-refractivity contribution is -0.133. The van der Waals surface area contributed by atoms with E-state index in [-0.39, 0.29) is 5.75 Å². The molecule has 3 aromatic rings. The number of fused-ring (bicyclic) bond motifs is 3. The Morgan fingerprint density at radius 2 is 2.15 bits per heavy atom. The van der Waals surface area contributed by atoms with Crippen LogP contribution in [0.25, 0.3) is 21.9 Å². The van der Waals surface area contributed by atoms with Crippen molar-refractivity contribution in [1.29, 1.82) is 0 Å². The third-order valence-corrected chi connectivity index (χ3v) is 4.05. The molecule has 0 bridgehead atoms. The molecule has 0 fully saturated rings. The summed E-state index contributed by atoms with van der Waals surface area (Å²) in [6.45, 7) is 2.77. The Balaban J connectivity index is 2.23. The number of para-hydroxylation sites is 1. The minimum atomic E-state index is -0.840. The Kier molecular flexibility index (Phi) is 3.31. The molecule has 1 N–H and O–H groups in total. The number of benzene rings is 1. The number of imidazole rings is 1. The van der Waals surface area contributed by atoms with Gasteiger partial charge in [0.05, 0.1) is 23.0 Å². The average molecular weight is 287 g/mol. The zero-order valence-electron chi connectivity index (χ0n) is 10.9. The van der Waals surface area contributed by atoms with Crippen LogP contribution in [0.5, 0.6) is 0 Å². The number of hydrogen-bond acceptors (Lipinski definition) is 4. The highest BCUT2D eigenvalue weighted by Gasteiger charge is 2.14. The first-order valence-corrected chi connectivity index (χ1v) is 7.28. The van der Waals surface area contributed by atoms with Crippen LogP contribution in [0.1, 0.15) is 6.92 Å². The molecule has 6 heteroatoms. The second-order valence-electron chi connectivity index (χ2n) is 4.33. The van der Waals surface area contributed by atoms with Gasteiger partial charge in [0.15, 0.2) is 5.16 Å². The Morgan fingerprint density at radius 3 is 2.90 bits per heavy atom. The molecule has 3 rings (SSSR count). The predicted molar refractivity (Wildman–Crippen MR) is 79.1 cm³/mol. The van der Waals surface area contributed by atoms with Crippen molar-refractivity contribution in [2.75, 3.05) is 5.75 Å². The summed E-state index contributed by atoms with van der Waals surface area (Å²) in [7, 11) is 0. The molecular formula is C14H13N3O2S. The minimum Gasteiger partial charge on any atom is -0.481 e. The van der Waals surface area contributed by atoms with E-state index in [1.165, 1.54) is 11.8 Å². The maximum atomic E-state index is 10.7. The lowest BCUT2D eigenvalue weighted by atomic mass is 10.2. The van der Waals surface area contributed by atoms with Crippen molar-refractivity contribution < 1.29 is 9.90 Å². The van der Waals surface area contributed by atoms with Crippen molar-refractivity contribution in [3.05, 3.63) is 30.5 Å². The molecule has 2 aromatic heterocycles.